The van der Waals surface area contributed by atoms with Crippen molar-refractivity contribution in [1.29, 1.82) is 0 Å². The zero-order valence-corrected chi connectivity index (χ0v) is 16.5. The van der Waals surface area contributed by atoms with Crippen LogP contribution >= 0.6 is 27.3 Å². The van der Waals surface area contributed by atoms with E-state index in [0.29, 0.717) is 19.7 Å². The van der Waals surface area contributed by atoms with Crippen LogP contribution in [0.4, 0.5) is 4.79 Å². The Bertz CT molecular complexity index is 802. The van der Waals surface area contributed by atoms with Crippen molar-refractivity contribution in [3.8, 4) is 0 Å². The maximum Gasteiger partial charge on any atom is 0.410 e. The molecule has 0 aliphatic carbocycles. The number of ether oxygens (including phenoxy) is 1. The Balaban J connectivity index is 1.44. The van der Waals surface area contributed by atoms with Crippen LogP contribution in [0.2, 0.25) is 0 Å². The molecule has 7 heteroatoms. The minimum Gasteiger partial charge on any atom is -0.447 e. The number of amides is 2. The first kappa shape index (κ1) is 17.5. The summed E-state index contributed by atoms with van der Waals surface area (Å²) in [6, 6.07) is 12.0. The molecule has 0 N–H and O–H groups in total. The van der Waals surface area contributed by atoms with E-state index in [-0.39, 0.29) is 24.1 Å². The molecular weight excluding hydrogens is 416 g/mol. The van der Waals surface area contributed by atoms with Crippen LogP contribution in [0, 0.1) is 0 Å². The normalized spacial score (nSPS) is 21.1. The Morgan fingerprint density at radius 3 is 2.54 bits per heavy atom. The zero-order chi connectivity index (χ0) is 18.1. The van der Waals surface area contributed by atoms with Gasteiger partial charge in [0.1, 0.15) is 11.5 Å². The fourth-order valence-electron chi connectivity index (χ4n) is 3.70. The number of carbonyl (C=O) groups excluding carboxylic acids is 2. The standard InChI is InChI=1S/C19H19BrN2O3S/c20-15-8-11-26-17(15)18(23)21-9-6-14(7-10-21)22-16(12-25-19(22)24)13-4-2-1-3-5-13/h1-5,8,11,14,16H,6-7,9-10,12H2. The number of likely N-dealkylation sites (tertiary alicyclic amines) is 1. The van der Waals surface area contributed by atoms with E-state index in [2.05, 4.69) is 15.9 Å². The van der Waals surface area contributed by atoms with Crippen molar-refractivity contribution in [3.05, 3.63) is 56.7 Å². The van der Waals surface area contributed by atoms with Crippen LogP contribution in [0.5, 0.6) is 0 Å². The van der Waals surface area contributed by atoms with E-state index in [1.54, 1.807) is 0 Å². The number of piperidine rings is 1. The SMILES string of the molecule is O=C(c1sccc1Br)N1CCC(N2C(=O)OCC2c2ccccc2)CC1. The summed E-state index contributed by atoms with van der Waals surface area (Å²) in [7, 11) is 0. The van der Waals surface area contributed by atoms with E-state index in [4.69, 9.17) is 4.74 Å². The smallest absolute Gasteiger partial charge is 0.410 e. The minimum atomic E-state index is -0.246. The van der Waals surface area contributed by atoms with Crippen molar-refractivity contribution in [3.63, 3.8) is 0 Å². The molecule has 0 saturated carbocycles. The highest BCUT2D eigenvalue weighted by Gasteiger charge is 2.40. The van der Waals surface area contributed by atoms with Gasteiger partial charge in [0, 0.05) is 23.6 Å². The summed E-state index contributed by atoms with van der Waals surface area (Å²) >= 11 is 4.89. The van der Waals surface area contributed by atoms with E-state index in [0.717, 1.165) is 27.8 Å². The van der Waals surface area contributed by atoms with Crippen molar-refractivity contribution in [2.75, 3.05) is 19.7 Å². The van der Waals surface area contributed by atoms with Gasteiger partial charge in [-0.05, 0) is 45.8 Å². The number of benzene rings is 1. The molecule has 5 nitrogen and oxygen atoms in total. The minimum absolute atomic E-state index is 0.0395. The lowest BCUT2D eigenvalue weighted by atomic mass is 9.99. The number of hydrogen-bond acceptors (Lipinski definition) is 4. The molecule has 0 bridgehead atoms. The molecule has 1 unspecified atom stereocenters. The maximum absolute atomic E-state index is 12.7. The first-order valence-electron chi connectivity index (χ1n) is 8.67. The third-order valence-electron chi connectivity index (χ3n) is 5.05. The van der Waals surface area contributed by atoms with E-state index < -0.39 is 0 Å². The van der Waals surface area contributed by atoms with E-state index >= 15 is 0 Å². The lowest BCUT2D eigenvalue weighted by Gasteiger charge is -2.37. The van der Waals surface area contributed by atoms with Gasteiger partial charge in [-0.25, -0.2) is 4.79 Å². The second kappa shape index (κ2) is 7.40. The first-order chi connectivity index (χ1) is 12.6. The van der Waals surface area contributed by atoms with Gasteiger partial charge in [0.25, 0.3) is 5.91 Å². The van der Waals surface area contributed by atoms with Gasteiger partial charge in [-0.2, -0.15) is 0 Å². The summed E-state index contributed by atoms with van der Waals surface area (Å²) in [4.78, 5) is 29.5. The van der Waals surface area contributed by atoms with Crippen molar-refractivity contribution in [1.82, 2.24) is 9.80 Å². The first-order valence-corrected chi connectivity index (χ1v) is 10.3. The Labute approximate surface area is 164 Å². The number of nitrogens with zero attached hydrogens (tertiary/aromatic N) is 2. The molecule has 0 radical (unpaired) electrons. The highest BCUT2D eigenvalue weighted by molar-refractivity contribution is 9.10. The Morgan fingerprint density at radius 2 is 1.88 bits per heavy atom. The maximum atomic E-state index is 12.7. The highest BCUT2D eigenvalue weighted by Crippen LogP contribution is 2.33. The largest absolute Gasteiger partial charge is 0.447 e. The molecule has 26 heavy (non-hydrogen) atoms. The van der Waals surface area contributed by atoms with Crippen LogP contribution in [0.1, 0.15) is 34.1 Å². The molecule has 1 atom stereocenters. The van der Waals surface area contributed by atoms with Gasteiger partial charge >= 0.3 is 6.09 Å². The molecule has 3 heterocycles. The summed E-state index contributed by atoms with van der Waals surface area (Å²) in [5.41, 5.74) is 1.10. The lowest BCUT2D eigenvalue weighted by molar-refractivity contribution is 0.0640. The molecule has 0 spiro atoms. The summed E-state index contributed by atoms with van der Waals surface area (Å²) in [5.74, 6) is 0.0638. The average molecular weight is 435 g/mol. The molecular formula is C19H19BrN2O3S. The van der Waals surface area contributed by atoms with Crippen molar-refractivity contribution < 1.29 is 14.3 Å². The second-order valence-corrected chi connectivity index (χ2v) is 8.30. The van der Waals surface area contributed by atoms with Gasteiger partial charge in [0.2, 0.25) is 0 Å². The quantitative estimate of drug-likeness (QED) is 0.722. The predicted molar refractivity (Wildman–Crippen MR) is 103 cm³/mol. The third-order valence-corrected chi connectivity index (χ3v) is 6.88. The van der Waals surface area contributed by atoms with E-state index in [1.807, 2.05) is 51.6 Å². The fraction of sp³-hybridized carbons (Fsp3) is 0.368. The lowest BCUT2D eigenvalue weighted by Crippen LogP contribution is -2.47. The monoisotopic (exact) mass is 434 g/mol. The number of rotatable bonds is 3. The number of thiophene rings is 1. The van der Waals surface area contributed by atoms with Crippen LogP contribution in [0.3, 0.4) is 0 Å². The van der Waals surface area contributed by atoms with Gasteiger partial charge in [0.15, 0.2) is 0 Å². The Hall–Kier alpha value is -1.86. The molecule has 136 valence electrons. The summed E-state index contributed by atoms with van der Waals surface area (Å²) in [6.45, 7) is 1.70. The third kappa shape index (κ3) is 3.25. The Kier molecular flexibility index (Phi) is 5.00. The average Bonchev–Trinajstić information content (AvgIpc) is 3.27. The van der Waals surface area contributed by atoms with Crippen LogP contribution in [-0.2, 0) is 4.74 Å². The van der Waals surface area contributed by atoms with Gasteiger partial charge < -0.3 is 9.64 Å². The molecule has 2 fully saturated rings. The molecule has 2 aromatic rings. The fourth-order valence-corrected chi connectivity index (χ4v) is 5.21. The zero-order valence-electron chi connectivity index (χ0n) is 14.1. The van der Waals surface area contributed by atoms with Crippen molar-refractivity contribution in [2.24, 2.45) is 0 Å². The summed E-state index contributed by atoms with van der Waals surface area (Å²) < 4.78 is 6.19. The van der Waals surface area contributed by atoms with E-state index in [1.165, 1.54) is 11.3 Å². The van der Waals surface area contributed by atoms with Crippen LogP contribution < -0.4 is 0 Å². The van der Waals surface area contributed by atoms with Crippen LogP contribution in [0.15, 0.2) is 46.3 Å². The molecule has 1 aromatic carbocycles. The molecule has 2 aliphatic heterocycles. The molecule has 1 aromatic heterocycles. The van der Waals surface area contributed by atoms with Crippen molar-refractivity contribution >= 4 is 39.3 Å². The summed E-state index contributed by atoms with van der Waals surface area (Å²) in [6.07, 6.45) is 1.30. The van der Waals surface area contributed by atoms with Crippen LogP contribution in [-0.4, -0.2) is 47.5 Å². The number of cyclic esters (lactones) is 1. The molecule has 4 rings (SSSR count). The van der Waals surface area contributed by atoms with Crippen molar-refractivity contribution in [2.45, 2.75) is 24.9 Å². The molecule has 2 aliphatic rings. The highest BCUT2D eigenvalue weighted by atomic mass is 79.9. The number of halogens is 1. The van der Waals surface area contributed by atoms with Gasteiger partial charge in [0.05, 0.1) is 6.04 Å². The molecule has 2 amide bonds. The second-order valence-electron chi connectivity index (χ2n) is 6.53. The number of carbonyl (C=O) groups is 2. The molecule has 2 saturated heterocycles. The Morgan fingerprint density at radius 1 is 1.15 bits per heavy atom. The topological polar surface area (TPSA) is 49.9 Å². The summed E-state index contributed by atoms with van der Waals surface area (Å²) in [5, 5.41) is 1.91. The number of hydrogen-bond donors (Lipinski definition) is 0. The van der Waals surface area contributed by atoms with Crippen LogP contribution in [0.25, 0.3) is 0 Å². The van der Waals surface area contributed by atoms with E-state index in [9.17, 15) is 9.59 Å². The van der Waals surface area contributed by atoms with Gasteiger partial charge in [-0.15, -0.1) is 11.3 Å². The van der Waals surface area contributed by atoms with Gasteiger partial charge in [-0.1, -0.05) is 30.3 Å². The van der Waals surface area contributed by atoms with Gasteiger partial charge in [-0.3, -0.25) is 9.69 Å². The predicted octanol–water partition coefficient (Wildman–Crippen LogP) is 4.31.